The number of amides is 1. The van der Waals surface area contributed by atoms with E-state index in [4.69, 9.17) is 4.74 Å². The normalized spacial score (nSPS) is 14.9. The van der Waals surface area contributed by atoms with E-state index >= 15 is 0 Å². The van der Waals surface area contributed by atoms with Gasteiger partial charge < -0.3 is 20.9 Å². The molecule has 1 saturated heterocycles. The van der Waals surface area contributed by atoms with Gasteiger partial charge in [0, 0.05) is 45.8 Å². The molecular weight excluding hydrogens is 255 g/mol. The van der Waals surface area contributed by atoms with Gasteiger partial charge in [0.2, 0.25) is 0 Å². The Morgan fingerprint density at radius 3 is 2.00 bits per heavy atom. The summed E-state index contributed by atoms with van der Waals surface area (Å²) in [6.07, 6.45) is 6.49. The van der Waals surface area contributed by atoms with Crippen molar-refractivity contribution in [2.45, 2.75) is 26.7 Å². The van der Waals surface area contributed by atoms with Crippen molar-refractivity contribution in [3.63, 3.8) is 0 Å². The Kier molecular flexibility index (Phi) is 16.4. The van der Waals surface area contributed by atoms with Crippen molar-refractivity contribution in [3.8, 4) is 0 Å². The number of carbonyl (C=O) groups excluding carboxylic acids is 1. The fraction of sp³-hybridized carbons (Fsp3) is 0.800. The molecule has 1 aliphatic rings. The van der Waals surface area contributed by atoms with E-state index in [1.807, 2.05) is 6.41 Å². The van der Waals surface area contributed by atoms with Crippen LogP contribution in [-0.2, 0) is 42.2 Å². The van der Waals surface area contributed by atoms with Gasteiger partial charge in [0.05, 0.1) is 13.2 Å². The minimum Gasteiger partial charge on any atom is -0.520 e. The van der Waals surface area contributed by atoms with Gasteiger partial charge >= 0.3 is 0 Å². The average molecular weight is 274 g/mol. The van der Waals surface area contributed by atoms with Crippen LogP contribution in [0.25, 0.3) is 0 Å². The van der Waals surface area contributed by atoms with E-state index in [1.54, 1.807) is 4.90 Å². The van der Waals surface area contributed by atoms with E-state index in [-0.39, 0.29) is 32.7 Å². The van der Waals surface area contributed by atoms with Crippen molar-refractivity contribution in [1.82, 2.24) is 4.90 Å². The van der Waals surface area contributed by atoms with Crippen LogP contribution in [0.4, 0.5) is 0 Å². The van der Waals surface area contributed by atoms with E-state index in [0.29, 0.717) is 26.3 Å². The second-order valence-electron chi connectivity index (χ2n) is 2.80. The Hall–Kier alpha value is 0.534. The van der Waals surface area contributed by atoms with Gasteiger partial charge in [-0.05, 0) is 0 Å². The van der Waals surface area contributed by atoms with Crippen LogP contribution in [0.5, 0.6) is 0 Å². The zero-order valence-electron chi connectivity index (χ0n) is 9.16. The molecule has 0 N–H and O–H groups in total. The zero-order valence-corrected chi connectivity index (χ0v) is 12.0. The number of hydrogen-bond acceptors (Lipinski definition) is 2. The molecule has 14 heavy (non-hydrogen) atoms. The number of rotatable bonds is 3. The van der Waals surface area contributed by atoms with Crippen molar-refractivity contribution in [1.29, 1.82) is 0 Å². The SMILES string of the molecule is CC[CH-]CC.O=[C-]N1CCOCC1.[Y]. The Morgan fingerprint density at radius 1 is 1.29 bits per heavy atom. The first kappa shape index (κ1) is 16.9. The summed E-state index contributed by atoms with van der Waals surface area (Å²) in [6.45, 7) is 7.03. The van der Waals surface area contributed by atoms with Gasteiger partial charge in [0.25, 0.3) is 0 Å². The average Bonchev–Trinajstić information content (AvgIpc) is 2.21. The van der Waals surface area contributed by atoms with Crippen LogP contribution < -0.4 is 0 Å². The van der Waals surface area contributed by atoms with Crippen LogP contribution >= 0.6 is 0 Å². The van der Waals surface area contributed by atoms with Crippen molar-refractivity contribution < 1.29 is 42.2 Å². The first-order valence-corrected chi connectivity index (χ1v) is 4.87. The summed E-state index contributed by atoms with van der Waals surface area (Å²) in [7, 11) is 0. The molecule has 1 fully saturated rings. The molecule has 0 bridgehead atoms. The van der Waals surface area contributed by atoms with E-state index < -0.39 is 0 Å². The molecular formula is C10H19NO2Y-2. The van der Waals surface area contributed by atoms with Crippen molar-refractivity contribution in [2.75, 3.05) is 26.3 Å². The van der Waals surface area contributed by atoms with Gasteiger partial charge in [-0.25, -0.2) is 0 Å². The third kappa shape index (κ3) is 10.6. The largest absolute Gasteiger partial charge is 0.520 e. The van der Waals surface area contributed by atoms with Crippen molar-refractivity contribution in [2.24, 2.45) is 0 Å². The summed E-state index contributed by atoms with van der Waals surface area (Å²) in [5, 5.41) is 0. The van der Waals surface area contributed by atoms with Gasteiger partial charge in [-0.1, -0.05) is 13.8 Å². The molecule has 1 heterocycles. The van der Waals surface area contributed by atoms with Crippen LogP contribution in [0, 0.1) is 6.42 Å². The summed E-state index contributed by atoms with van der Waals surface area (Å²) in [6, 6.07) is 0. The molecule has 1 amide bonds. The minimum absolute atomic E-state index is 0. The molecule has 81 valence electrons. The third-order valence-corrected chi connectivity index (χ3v) is 1.72. The topological polar surface area (TPSA) is 29.5 Å². The molecule has 3 nitrogen and oxygen atoms in total. The quantitative estimate of drug-likeness (QED) is 0.728. The molecule has 0 atom stereocenters. The molecule has 0 aliphatic carbocycles. The van der Waals surface area contributed by atoms with Gasteiger partial charge in [-0.15, -0.1) is 0 Å². The van der Waals surface area contributed by atoms with Crippen LogP contribution in [-0.4, -0.2) is 37.6 Å². The molecule has 0 spiro atoms. The molecule has 0 aromatic rings. The number of nitrogens with zero attached hydrogens (tertiary/aromatic N) is 1. The van der Waals surface area contributed by atoms with E-state index in [1.165, 1.54) is 12.8 Å². The van der Waals surface area contributed by atoms with Gasteiger partial charge in [0.15, 0.2) is 0 Å². The van der Waals surface area contributed by atoms with Gasteiger partial charge in [-0.3, -0.25) is 0 Å². The summed E-state index contributed by atoms with van der Waals surface area (Å²) in [5.74, 6) is 0. The van der Waals surface area contributed by atoms with Gasteiger partial charge in [0.1, 0.15) is 0 Å². The Balaban J connectivity index is 0. The summed E-state index contributed by atoms with van der Waals surface area (Å²) in [4.78, 5) is 11.5. The Labute approximate surface area is 112 Å². The minimum atomic E-state index is 0. The number of morpholine rings is 1. The van der Waals surface area contributed by atoms with Crippen molar-refractivity contribution >= 4 is 6.41 Å². The van der Waals surface area contributed by atoms with Crippen LogP contribution in [0.3, 0.4) is 0 Å². The number of hydrogen-bond donors (Lipinski definition) is 0. The number of ether oxygens (including phenoxy) is 1. The summed E-state index contributed by atoms with van der Waals surface area (Å²) in [5.41, 5.74) is 0. The van der Waals surface area contributed by atoms with Crippen LogP contribution in [0.2, 0.25) is 0 Å². The third-order valence-electron chi connectivity index (χ3n) is 1.72. The van der Waals surface area contributed by atoms with Gasteiger partial charge in [-0.2, -0.15) is 19.3 Å². The fourth-order valence-electron chi connectivity index (χ4n) is 0.943. The maximum Gasteiger partial charge on any atom is 0.0616 e. The predicted octanol–water partition coefficient (Wildman–Crippen LogP) is 1.39. The van der Waals surface area contributed by atoms with E-state index in [0.717, 1.165) is 0 Å². The molecule has 0 aromatic heterocycles. The maximum atomic E-state index is 9.91. The molecule has 0 unspecified atom stereocenters. The first-order valence-electron chi connectivity index (χ1n) is 4.87. The van der Waals surface area contributed by atoms with E-state index in [9.17, 15) is 4.79 Å². The molecule has 1 rings (SSSR count). The number of unbranched alkanes of at least 4 members (excludes halogenated alkanes) is 2. The first-order chi connectivity index (χ1) is 6.35. The molecule has 0 aromatic carbocycles. The summed E-state index contributed by atoms with van der Waals surface area (Å²) >= 11 is 0. The Morgan fingerprint density at radius 2 is 1.79 bits per heavy atom. The molecule has 1 radical (unpaired) electrons. The molecule has 4 heteroatoms. The van der Waals surface area contributed by atoms with E-state index in [2.05, 4.69) is 20.3 Å². The Bertz CT molecular complexity index is 115. The predicted molar refractivity (Wildman–Crippen MR) is 53.0 cm³/mol. The van der Waals surface area contributed by atoms with Crippen molar-refractivity contribution in [3.05, 3.63) is 6.42 Å². The molecule has 1 aliphatic heterocycles. The smallest absolute Gasteiger partial charge is 0.0616 e. The van der Waals surface area contributed by atoms with Crippen LogP contribution in [0.1, 0.15) is 26.7 Å². The fourth-order valence-corrected chi connectivity index (χ4v) is 0.943. The summed E-state index contributed by atoms with van der Waals surface area (Å²) < 4.78 is 4.98. The standard InChI is InChI=1S/C5H8NO2.C5H11.Y/c7-5-6-1-3-8-4-2-6;1-3-5-4-2;/h1-4H2;5H,3-4H2,1-2H3;/q2*-1;. The monoisotopic (exact) mass is 274 g/mol. The second kappa shape index (κ2) is 13.5. The molecule has 0 saturated carbocycles. The zero-order chi connectivity index (χ0) is 9.94. The maximum absolute atomic E-state index is 9.91. The van der Waals surface area contributed by atoms with Crippen LogP contribution in [0.15, 0.2) is 0 Å². The second-order valence-corrected chi connectivity index (χ2v) is 2.80.